The van der Waals surface area contributed by atoms with E-state index in [2.05, 4.69) is 26.9 Å². The predicted octanol–water partition coefficient (Wildman–Crippen LogP) is 4.45. The van der Waals surface area contributed by atoms with Crippen LogP contribution >= 0.6 is 0 Å². The number of benzene rings is 2. The van der Waals surface area contributed by atoms with Crippen molar-refractivity contribution in [3.05, 3.63) is 59.7 Å². The van der Waals surface area contributed by atoms with Gasteiger partial charge in [-0.05, 0) is 63.4 Å². The van der Waals surface area contributed by atoms with Gasteiger partial charge >= 0.3 is 6.09 Å². The number of nitriles is 1. The number of anilines is 1. The normalized spacial score (nSPS) is 16.6. The Bertz CT molecular complexity index is 1140. The maximum Gasteiger partial charge on any atom is 0.407 e. The summed E-state index contributed by atoms with van der Waals surface area (Å²) in [5.41, 5.74) is 3.24. The van der Waals surface area contributed by atoms with Crippen molar-refractivity contribution >= 4 is 23.1 Å². The number of carbonyl (C=O) groups excluding carboxylic acids is 1. The van der Waals surface area contributed by atoms with Crippen LogP contribution in [0.4, 0.5) is 10.7 Å². The number of piperidine rings is 1. The molecule has 0 spiro atoms. The molecule has 2 aromatic carbocycles. The molecule has 0 unspecified atom stereocenters. The van der Waals surface area contributed by atoms with E-state index in [1.807, 2.05) is 63.2 Å². The molecule has 1 aliphatic rings. The lowest BCUT2D eigenvalue weighted by Crippen LogP contribution is -2.49. The fraction of sp³-hybridized carbons (Fsp3) is 0.400. The van der Waals surface area contributed by atoms with Crippen LogP contribution in [-0.4, -0.2) is 40.4 Å². The molecule has 1 aromatic heterocycles. The van der Waals surface area contributed by atoms with Crippen molar-refractivity contribution in [3.8, 4) is 6.07 Å². The van der Waals surface area contributed by atoms with E-state index in [9.17, 15) is 4.79 Å². The van der Waals surface area contributed by atoms with Crippen molar-refractivity contribution in [2.45, 2.75) is 51.8 Å². The summed E-state index contributed by atoms with van der Waals surface area (Å²) in [5, 5.41) is 12.1. The number of carbonyl (C=O) groups is 1. The highest BCUT2D eigenvalue weighted by Gasteiger charge is 2.27. The molecule has 1 aliphatic heterocycles. The number of imidazole rings is 1. The third kappa shape index (κ3) is 5.02. The maximum absolute atomic E-state index is 12.3. The van der Waals surface area contributed by atoms with E-state index < -0.39 is 5.60 Å². The third-order valence-electron chi connectivity index (χ3n) is 5.48. The number of hydrogen-bond donors (Lipinski definition) is 1. The van der Waals surface area contributed by atoms with Crippen LogP contribution in [0, 0.1) is 11.3 Å². The Balaban J connectivity index is 1.58. The van der Waals surface area contributed by atoms with Gasteiger partial charge in [0.05, 0.1) is 29.2 Å². The number of rotatable bonds is 4. The molecule has 0 aliphatic carbocycles. The van der Waals surface area contributed by atoms with Gasteiger partial charge in [-0.3, -0.25) is 0 Å². The van der Waals surface area contributed by atoms with E-state index in [1.54, 1.807) is 0 Å². The molecule has 0 saturated carbocycles. The molecule has 1 amide bonds. The van der Waals surface area contributed by atoms with Gasteiger partial charge < -0.3 is 19.5 Å². The third-order valence-corrected chi connectivity index (χ3v) is 5.48. The predicted molar refractivity (Wildman–Crippen MR) is 125 cm³/mol. The highest BCUT2D eigenvalue weighted by Crippen LogP contribution is 2.26. The Hall–Kier alpha value is -3.53. The lowest BCUT2D eigenvalue weighted by Gasteiger charge is -2.34. The van der Waals surface area contributed by atoms with Crippen LogP contribution in [-0.2, 0) is 11.3 Å². The van der Waals surface area contributed by atoms with E-state index in [0.717, 1.165) is 41.9 Å². The number of amides is 1. The number of fused-ring (bicyclic) bond motifs is 1. The highest BCUT2D eigenvalue weighted by molar-refractivity contribution is 5.79. The second kappa shape index (κ2) is 8.91. The summed E-state index contributed by atoms with van der Waals surface area (Å²) in [4.78, 5) is 19.5. The van der Waals surface area contributed by atoms with E-state index in [1.165, 1.54) is 0 Å². The monoisotopic (exact) mass is 431 g/mol. The first-order chi connectivity index (χ1) is 15.3. The number of para-hydroxylation sites is 2. The van der Waals surface area contributed by atoms with Gasteiger partial charge in [-0.15, -0.1) is 0 Å². The number of ether oxygens (including phenoxy) is 1. The van der Waals surface area contributed by atoms with Crippen LogP contribution in [0.2, 0.25) is 0 Å². The lowest BCUT2D eigenvalue weighted by atomic mass is 10.1. The van der Waals surface area contributed by atoms with E-state index in [-0.39, 0.29) is 12.1 Å². The van der Waals surface area contributed by atoms with Crippen LogP contribution in [0.3, 0.4) is 0 Å². The minimum absolute atomic E-state index is 0.00164. The van der Waals surface area contributed by atoms with Crippen LogP contribution < -0.4 is 10.2 Å². The molecule has 1 atom stereocenters. The van der Waals surface area contributed by atoms with Crippen molar-refractivity contribution in [1.29, 1.82) is 5.26 Å². The molecule has 0 radical (unpaired) electrons. The highest BCUT2D eigenvalue weighted by atomic mass is 16.6. The smallest absolute Gasteiger partial charge is 0.407 e. The molecule has 4 rings (SSSR count). The zero-order chi connectivity index (χ0) is 22.7. The number of alkyl carbamates (subject to hydrolysis) is 1. The first kappa shape index (κ1) is 21.7. The van der Waals surface area contributed by atoms with Crippen molar-refractivity contribution in [1.82, 2.24) is 14.9 Å². The first-order valence-electron chi connectivity index (χ1n) is 11.0. The molecular weight excluding hydrogens is 402 g/mol. The quantitative estimate of drug-likeness (QED) is 0.660. The molecule has 1 saturated heterocycles. The molecule has 3 aromatic rings. The van der Waals surface area contributed by atoms with E-state index >= 15 is 0 Å². The first-order valence-corrected chi connectivity index (χ1v) is 11.0. The van der Waals surface area contributed by atoms with Gasteiger partial charge in [-0.2, -0.15) is 5.26 Å². The molecule has 0 bridgehead atoms. The van der Waals surface area contributed by atoms with Crippen LogP contribution in [0.25, 0.3) is 11.0 Å². The van der Waals surface area contributed by atoms with E-state index in [4.69, 9.17) is 15.0 Å². The van der Waals surface area contributed by atoms with Gasteiger partial charge in [0.15, 0.2) is 0 Å². The van der Waals surface area contributed by atoms with Crippen molar-refractivity contribution in [3.63, 3.8) is 0 Å². The van der Waals surface area contributed by atoms with Crippen molar-refractivity contribution < 1.29 is 9.53 Å². The number of hydrogen-bond acceptors (Lipinski definition) is 5. The zero-order valence-electron chi connectivity index (χ0n) is 18.8. The summed E-state index contributed by atoms with van der Waals surface area (Å²) in [7, 11) is 0. The van der Waals surface area contributed by atoms with Gasteiger partial charge in [-0.1, -0.05) is 24.3 Å². The fourth-order valence-electron chi connectivity index (χ4n) is 4.08. The molecule has 1 N–H and O–H groups in total. The zero-order valence-corrected chi connectivity index (χ0v) is 18.8. The molecule has 7 nitrogen and oxygen atoms in total. The van der Waals surface area contributed by atoms with Gasteiger partial charge in [0.2, 0.25) is 5.95 Å². The SMILES string of the molecule is CC(C)(C)OC(=O)N[C@@H]1CCCN(c2nc3ccccc3n2Cc2ccc(C#N)cc2)C1. The topological polar surface area (TPSA) is 83.2 Å². The Morgan fingerprint density at radius 2 is 1.97 bits per heavy atom. The second-order valence-corrected chi connectivity index (χ2v) is 9.23. The van der Waals surface area contributed by atoms with E-state index in [0.29, 0.717) is 18.7 Å². The molecule has 7 heteroatoms. The standard InChI is InChI=1S/C25H29N5O2/c1-25(2,3)32-24(31)27-20-7-6-14-29(17-20)23-28-21-8-4-5-9-22(21)30(23)16-19-12-10-18(15-26)11-13-19/h4-5,8-13,20H,6-7,14,16-17H2,1-3H3,(H,27,31)/t20-/m1/s1. The summed E-state index contributed by atoms with van der Waals surface area (Å²) in [6.45, 7) is 7.81. The largest absolute Gasteiger partial charge is 0.444 e. The van der Waals surface area contributed by atoms with Gasteiger partial charge in [-0.25, -0.2) is 9.78 Å². The molecular formula is C25H29N5O2. The van der Waals surface area contributed by atoms with Crippen molar-refractivity contribution in [2.24, 2.45) is 0 Å². The van der Waals surface area contributed by atoms with Gasteiger partial charge in [0.1, 0.15) is 5.60 Å². The Kier molecular flexibility index (Phi) is 6.04. The number of nitrogens with one attached hydrogen (secondary N) is 1. The average molecular weight is 432 g/mol. The number of nitrogens with zero attached hydrogens (tertiary/aromatic N) is 4. The Morgan fingerprint density at radius 1 is 1.22 bits per heavy atom. The van der Waals surface area contributed by atoms with Gasteiger partial charge in [0.25, 0.3) is 0 Å². The Morgan fingerprint density at radius 3 is 2.69 bits per heavy atom. The molecule has 32 heavy (non-hydrogen) atoms. The second-order valence-electron chi connectivity index (χ2n) is 9.23. The molecule has 1 fully saturated rings. The summed E-state index contributed by atoms with van der Waals surface area (Å²) in [6.07, 6.45) is 1.49. The lowest BCUT2D eigenvalue weighted by molar-refractivity contribution is 0.0500. The fourth-order valence-corrected chi connectivity index (χ4v) is 4.08. The average Bonchev–Trinajstić information content (AvgIpc) is 3.11. The van der Waals surface area contributed by atoms with Crippen LogP contribution in [0.5, 0.6) is 0 Å². The summed E-state index contributed by atoms with van der Waals surface area (Å²) < 4.78 is 7.65. The van der Waals surface area contributed by atoms with Crippen LogP contribution in [0.1, 0.15) is 44.7 Å². The van der Waals surface area contributed by atoms with Crippen LogP contribution in [0.15, 0.2) is 48.5 Å². The van der Waals surface area contributed by atoms with Gasteiger partial charge in [0, 0.05) is 19.1 Å². The summed E-state index contributed by atoms with van der Waals surface area (Å²) in [6, 6.07) is 17.9. The number of aromatic nitrogens is 2. The summed E-state index contributed by atoms with van der Waals surface area (Å²) in [5.74, 6) is 0.895. The molecule has 2 heterocycles. The maximum atomic E-state index is 12.3. The summed E-state index contributed by atoms with van der Waals surface area (Å²) >= 11 is 0. The minimum Gasteiger partial charge on any atom is -0.444 e. The Labute approximate surface area is 188 Å². The molecule has 166 valence electrons. The van der Waals surface area contributed by atoms with Crippen molar-refractivity contribution in [2.75, 3.05) is 18.0 Å². The minimum atomic E-state index is -0.520.